The minimum absolute atomic E-state index is 0. The second-order valence-electron chi connectivity index (χ2n) is 7.57. The highest BCUT2D eigenvalue weighted by Gasteiger charge is 2.25. The van der Waals surface area contributed by atoms with Gasteiger partial charge in [-0.1, -0.05) is 23.7 Å². The van der Waals surface area contributed by atoms with E-state index in [9.17, 15) is 9.59 Å². The highest BCUT2D eigenvalue weighted by atomic mass is 35.5. The van der Waals surface area contributed by atoms with Crippen LogP contribution in [0.5, 0.6) is 0 Å². The Labute approximate surface area is 182 Å². The number of hydrogen-bond donors (Lipinski definition) is 2. The molecule has 1 aliphatic carbocycles. The van der Waals surface area contributed by atoms with Gasteiger partial charge in [0.15, 0.2) is 0 Å². The summed E-state index contributed by atoms with van der Waals surface area (Å²) in [5.74, 6) is 0.828. The third kappa shape index (κ3) is 5.72. The summed E-state index contributed by atoms with van der Waals surface area (Å²) in [7, 11) is 0. The van der Waals surface area contributed by atoms with Crippen LogP contribution in [0.1, 0.15) is 30.4 Å². The van der Waals surface area contributed by atoms with Gasteiger partial charge in [-0.3, -0.25) is 9.59 Å². The van der Waals surface area contributed by atoms with Crippen LogP contribution >= 0.6 is 24.0 Å². The first kappa shape index (κ1) is 21.6. The fourth-order valence-electron chi connectivity index (χ4n) is 3.50. The normalized spacial score (nSPS) is 15.5. The van der Waals surface area contributed by atoms with Gasteiger partial charge >= 0.3 is 0 Å². The van der Waals surface area contributed by atoms with Crippen LogP contribution in [-0.4, -0.2) is 24.9 Å². The van der Waals surface area contributed by atoms with Gasteiger partial charge in [-0.2, -0.15) is 0 Å². The Morgan fingerprint density at radius 1 is 1.10 bits per heavy atom. The fraction of sp³-hybridized carbons (Fsp3) is 0.364. The number of nitrogens with zero attached hydrogens (tertiary/aromatic N) is 1. The van der Waals surface area contributed by atoms with E-state index in [0.29, 0.717) is 31.0 Å². The van der Waals surface area contributed by atoms with Crippen molar-refractivity contribution in [3.05, 3.63) is 58.6 Å². The summed E-state index contributed by atoms with van der Waals surface area (Å²) in [6, 6.07) is 13.3. The summed E-state index contributed by atoms with van der Waals surface area (Å²) in [5.41, 5.74) is 3.80. The Morgan fingerprint density at radius 3 is 2.59 bits per heavy atom. The molecular formula is C22H25Cl2N3O2. The third-order valence-corrected chi connectivity index (χ3v) is 5.48. The molecule has 5 nitrogen and oxygen atoms in total. The van der Waals surface area contributed by atoms with Gasteiger partial charge in [0.1, 0.15) is 0 Å². The molecule has 0 aromatic heterocycles. The SMILES string of the molecule is Cl.O=C(CNCC1CC1)Nc1ccc2c(c1)CCC(=O)N2Cc1ccc(Cl)cc1. The van der Waals surface area contributed by atoms with Crippen molar-refractivity contribution in [2.75, 3.05) is 23.3 Å². The number of fused-ring (bicyclic) bond motifs is 1. The standard InChI is InChI=1S/C22H24ClN3O2.ClH/c23-18-6-3-16(4-7-18)14-26-20-9-8-19(11-17(20)5-10-22(26)28)25-21(27)13-24-12-15-1-2-15;/h3-4,6-9,11,15,24H,1-2,5,10,12-14H2,(H,25,27);1H. The number of halogens is 2. The molecule has 4 rings (SSSR count). The largest absolute Gasteiger partial charge is 0.325 e. The van der Waals surface area contributed by atoms with Crippen LogP contribution in [0.3, 0.4) is 0 Å². The topological polar surface area (TPSA) is 61.4 Å². The predicted octanol–water partition coefficient (Wildman–Crippen LogP) is 4.18. The van der Waals surface area contributed by atoms with E-state index < -0.39 is 0 Å². The molecule has 0 saturated heterocycles. The molecule has 2 aromatic rings. The average Bonchev–Trinajstić information content (AvgIpc) is 3.50. The lowest BCUT2D eigenvalue weighted by Gasteiger charge is -2.30. The lowest BCUT2D eigenvalue weighted by Crippen LogP contribution is -2.34. The van der Waals surface area contributed by atoms with Gasteiger partial charge in [-0.25, -0.2) is 0 Å². The molecule has 1 saturated carbocycles. The Balaban J connectivity index is 0.00000240. The Morgan fingerprint density at radius 2 is 1.86 bits per heavy atom. The number of hydrogen-bond acceptors (Lipinski definition) is 3. The van der Waals surface area contributed by atoms with Crippen molar-refractivity contribution in [3.8, 4) is 0 Å². The molecule has 0 radical (unpaired) electrons. The zero-order chi connectivity index (χ0) is 19.5. The van der Waals surface area contributed by atoms with E-state index in [2.05, 4.69) is 10.6 Å². The van der Waals surface area contributed by atoms with Gasteiger partial charge < -0.3 is 15.5 Å². The lowest BCUT2D eigenvalue weighted by atomic mass is 9.99. The molecule has 29 heavy (non-hydrogen) atoms. The molecule has 7 heteroatoms. The first-order valence-electron chi connectivity index (χ1n) is 9.77. The van der Waals surface area contributed by atoms with Crippen LogP contribution in [0.4, 0.5) is 11.4 Å². The van der Waals surface area contributed by atoms with Crippen molar-refractivity contribution < 1.29 is 9.59 Å². The van der Waals surface area contributed by atoms with Crippen LogP contribution in [0, 0.1) is 5.92 Å². The summed E-state index contributed by atoms with van der Waals surface area (Å²) in [5, 5.41) is 6.83. The molecule has 154 valence electrons. The van der Waals surface area contributed by atoms with Crippen molar-refractivity contribution >= 4 is 47.2 Å². The first-order valence-corrected chi connectivity index (χ1v) is 10.1. The van der Waals surface area contributed by atoms with E-state index in [0.717, 1.165) is 35.0 Å². The second-order valence-corrected chi connectivity index (χ2v) is 8.01. The van der Waals surface area contributed by atoms with E-state index in [1.54, 1.807) is 0 Å². The molecule has 0 atom stereocenters. The molecule has 0 bridgehead atoms. The summed E-state index contributed by atoms with van der Waals surface area (Å²) >= 11 is 5.95. The average molecular weight is 434 g/mol. The Bertz CT molecular complexity index is 882. The predicted molar refractivity (Wildman–Crippen MR) is 119 cm³/mol. The van der Waals surface area contributed by atoms with Gasteiger partial charge in [0, 0.05) is 22.8 Å². The summed E-state index contributed by atoms with van der Waals surface area (Å²) in [6.07, 6.45) is 3.70. The van der Waals surface area contributed by atoms with Gasteiger partial charge in [-0.05, 0) is 73.2 Å². The maximum Gasteiger partial charge on any atom is 0.238 e. The molecule has 1 heterocycles. The lowest BCUT2D eigenvalue weighted by molar-refractivity contribution is -0.119. The quantitative estimate of drug-likeness (QED) is 0.688. The van der Waals surface area contributed by atoms with Crippen LogP contribution in [0.25, 0.3) is 0 Å². The van der Waals surface area contributed by atoms with Crippen molar-refractivity contribution in [2.24, 2.45) is 5.92 Å². The molecule has 1 fully saturated rings. The van der Waals surface area contributed by atoms with E-state index >= 15 is 0 Å². The molecular weight excluding hydrogens is 409 g/mol. The van der Waals surface area contributed by atoms with Gasteiger partial charge in [0.05, 0.1) is 13.1 Å². The smallest absolute Gasteiger partial charge is 0.238 e. The maximum atomic E-state index is 12.5. The van der Waals surface area contributed by atoms with Crippen LogP contribution in [-0.2, 0) is 22.6 Å². The fourth-order valence-corrected chi connectivity index (χ4v) is 3.63. The minimum Gasteiger partial charge on any atom is -0.325 e. The molecule has 0 spiro atoms. The van der Waals surface area contributed by atoms with E-state index in [4.69, 9.17) is 11.6 Å². The zero-order valence-corrected chi connectivity index (χ0v) is 17.7. The van der Waals surface area contributed by atoms with Crippen molar-refractivity contribution in [3.63, 3.8) is 0 Å². The summed E-state index contributed by atoms with van der Waals surface area (Å²) in [4.78, 5) is 26.4. The molecule has 1 aliphatic heterocycles. The maximum absolute atomic E-state index is 12.5. The molecule has 2 aromatic carbocycles. The van der Waals surface area contributed by atoms with Crippen LogP contribution in [0.15, 0.2) is 42.5 Å². The van der Waals surface area contributed by atoms with Crippen LogP contribution in [0.2, 0.25) is 5.02 Å². The number of carbonyl (C=O) groups excluding carboxylic acids is 2. The number of amides is 2. The minimum atomic E-state index is -0.0366. The summed E-state index contributed by atoms with van der Waals surface area (Å²) in [6.45, 7) is 1.76. The van der Waals surface area contributed by atoms with Crippen LogP contribution < -0.4 is 15.5 Å². The third-order valence-electron chi connectivity index (χ3n) is 5.23. The van der Waals surface area contributed by atoms with Crippen molar-refractivity contribution in [1.29, 1.82) is 0 Å². The highest BCUT2D eigenvalue weighted by Crippen LogP contribution is 2.32. The number of carbonyl (C=O) groups is 2. The Hall–Kier alpha value is -2.08. The van der Waals surface area contributed by atoms with E-state index in [1.165, 1.54) is 12.8 Å². The number of nitrogens with one attached hydrogen (secondary N) is 2. The number of aryl methyl sites for hydroxylation is 1. The number of rotatable bonds is 7. The highest BCUT2D eigenvalue weighted by molar-refractivity contribution is 6.30. The van der Waals surface area contributed by atoms with Gasteiger partial charge in [-0.15, -0.1) is 12.4 Å². The number of benzene rings is 2. The molecule has 2 N–H and O–H groups in total. The second kappa shape index (κ2) is 9.61. The summed E-state index contributed by atoms with van der Waals surface area (Å²) < 4.78 is 0. The Kier molecular flexibility index (Phi) is 7.17. The monoisotopic (exact) mass is 433 g/mol. The van der Waals surface area contributed by atoms with Gasteiger partial charge in [0.25, 0.3) is 0 Å². The molecule has 2 aliphatic rings. The van der Waals surface area contributed by atoms with Crippen molar-refractivity contribution in [1.82, 2.24) is 5.32 Å². The molecule has 0 unspecified atom stereocenters. The van der Waals surface area contributed by atoms with E-state index in [-0.39, 0.29) is 24.2 Å². The zero-order valence-electron chi connectivity index (χ0n) is 16.1. The first-order chi connectivity index (χ1) is 13.6. The van der Waals surface area contributed by atoms with Crippen molar-refractivity contribution in [2.45, 2.75) is 32.2 Å². The number of anilines is 2. The van der Waals surface area contributed by atoms with E-state index in [1.807, 2.05) is 47.4 Å². The van der Waals surface area contributed by atoms with Gasteiger partial charge in [0.2, 0.25) is 11.8 Å². The molecule has 2 amide bonds.